The number of para-hydroxylation sites is 1. The zero-order valence-corrected chi connectivity index (χ0v) is 21.9. The van der Waals surface area contributed by atoms with E-state index in [2.05, 4.69) is 31.5 Å². The Balaban J connectivity index is 1.28. The highest BCUT2D eigenvalue weighted by molar-refractivity contribution is 9.10. The minimum Gasteiger partial charge on any atom is -0.454 e. The first kappa shape index (κ1) is 22.8. The predicted molar refractivity (Wildman–Crippen MR) is 145 cm³/mol. The first-order valence-corrected chi connectivity index (χ1v) is 13.5. The van der Waals surface area contributed by atoms with Crippen LogP contribution in [0.4, 0.5) is 11.4 Å². The van der Waals surface area contributed by atoms with Gasteiger partial charge < -0.3 is 19.8 Å². The van der Waals surface area contributed by atoms with E-state index in [0.29, 0.717) is 34.9 Å². The predicted octanol–water partition coefficient (Wildman–Crippen LogP) is 3.83. The number of imide groups is 1. The highest BCUT2D eigenvalue weighted by Crippen LogP contribution is 2.54. The molecule has 0 bridgehead atoms. The number of aromatic amines is 1. The molecule has 3 N–H and O–H groups in total. The van der Waals surface area contributed by atoms with Gasteiger partial charge in [0.1, 0.15) is 5.54 Å². The van der Waals surface area contributed by atoms with Crippen LogP contribution in [0.1, 0.15) is 11.1 Å². The van der Waals surface area contributed by atoms with Gasteiger partial charge in [0.15, 0.2) is 11.5 Å². The SMILES string of the molecule is O=C1[C@H]2[C@H](Cc3c[nH]c4ccccc34)N[C@]3(C(=O)Nc4ccc(Br)cc43)[C@@H]2C(=O)N1c1ccc2c(c1)OCO2. The van der Waals surface area contributed by atoms with Crippen LogP contribution in [0.15, 0.2) is 71.3 Å². The number of aromatic nitrogens is 1. The molecule has 0 aliphatic carbocycles. The lowest BCUT2D eigenvalue weighted by molar-refractivity contribution is -0.130. The standard InChI is InChI=1S/C29H21BrN4O5/c30-15-5-7-20-18(10-15)29(28(37)32-20)25-24(21(33-29)9-14-12-31-19-4-2-1-3-17(14)19)26(35)34(27(25)36)16-6-8-22-23(11-16)39-13-38-22/h1-8,10-12,21,24-25,31,33H,9,13H2,(H,32,37)/t21-,24-,25-,29-/m0/s1. The van der Waals surface area contributed by atoms with Crippen molar-refractivity contribution in [2.24, 2.45) is 11.8 Å². The molecule has 2 saturated heterocycles. The van der Waals surface area contributed by atoms with Crippen molar-refractivity contribution in [3.8, 4) is 11.5 Å². The molecule has 4 aliphatic rings. The molecule has 2 fully saturated rings. The second-order valence-electron chi connectivity index (χ2n) is 10.3. The number of anilines is 2. The fraction of sp³-hybridized carbons (Fsp3) is 0.207. The van der Waals surface area contributed by atoms with Crippen LogP contribution >= 0.6 is 15.9 Å². The largest absolute Gasteiger partial charge is 0.454 e. The van der Waals surface area contributed by atoms with Gasteiger partial charge in [0.2, 0.25) is 24.5 Å². The molecule has 0 unspecified atom stereocenters. The summed E-state index contributed by atoms with van der Waals surface area (Å²) >= 11 is 3.52. The average Bonchev–Trinajstić information content (AvgIpc) is 3.73. The fourth-order valence-electron chi connectivity index (χ4n) is 6.77. The van der Waals surface area contributed by atoms with E-state index in [1.54, 1.807) is 18.2 Å². The van der Waals surface area contributed by atoms with Crippen LogP contribution in [0.5, 0.6) is 11.5 Å². The maximum Gasteiger partial charge on any atom is 0.250 e. The number of nitrogens with zero attached hydrogens (tertiary/aromatic N) is 1. The van der Waals surface area contributed by atoms with E-state index in [9.17, 15) is 14.4 Å². The Morgan fingerprint density at radius 3 is 2.72 bits per heavy atom. The Bertz CT molecular complexity index is 1750. The Hall–Kier alpha value is -4.15. The van der Waals surface area contributed by atoms with E-state index in [-0.39, 0.29) is 18.6 Å². The van der Waals surface area contributed by atoms with E-state index in [1.807, 2.05) is 48.7 Å². The van der Waals surface area contributed by atoms with Crippen molar-refractivity contribution < 1.29 is 23.9 Å². The molecule has 1 aromatic heterocycles. The number of ether oxygens (including phenoxy) is 2. The van der Waals surface area contributed by atoms with Crippen LogP contribution in [0, 0.1) is 11.8 Å². The molecule has 1 spiro atoms. The molecule has 4 aromatic rings. The van der Waals surface area contributed by atoms with E-state index < -0.39 is 29.3 Å². The quantitative estimate of drug-likeness (QED) is 0.315. The van der Waals surface area contributed by atoms with Gasteiger partial charge in [0.05, 0.1) is 17.5 Å². The number of H-pyrrole nitrogens is 1. The molecule has 3 aromatic carbocycles. The van der Waals surface area contributed by atoms with Gasteiger partial charge in [0, 0.05) is 44.9 Å². The van der Waals surface area contributed by atoms with Crippen LogP contribution in [0.2, 0.25) is 0 Å². The summed E-state index contributed by atoms with van der Waals surface area (Å²) in [7, 11) is 0. The molecule has 0 radical (unpaired) electrons. The zero-order valence-electron chi connectivity index (χ0n) is 20.4. The smallest absolute Gasteiger partial charge is 0.250 e. The highest BCUT2D eigenvalue weighted by Gasteiger charge is 2.70. The number of hydrogen-bond donors (Lipinski definition) is 3. The third-order valence-corrected chi connectivity index (χ3v) is 8.90. The summed E-state index contributed by atoms with van der Waals surface area (Å²) in [6.45, 7) is 0.0808. The summed E-state index contributed by atoms with van der Waals surface area (Å²) in [6, 6.07) is 18.0. The number of halogens is 1. The molecule has 10 heteroatoms. The van der Waals surface area contributed by atoms with E-state index in [0.717, 1.165) is 20.9 Å². The van der Waals surface area contributed by atoms with Crippen molar-refractivity contribution in [1.82, 2.24) is 10.3 Å². The Morgan fingerprint density at radius 1 is 0.974 bits per heavy atom. The van der Waals surface area contributed by atoms with Gasteiger partial charge in [-0.25, -0.2) is 4.90 Å². The molecular formula is C29H21BrN4O5. The first-order chi connectivity index (χ1) is 19.0. The number of carbonyl (C=O) groups excluding carboxylic acids is 3. The number of amides is 3. The number of rotatable bonds is 3. The van der Waals surface area contributed by atoms with E-state index in [4.69, 9.17) is 9.47 Å². The van der Waals surface area contributed by atoms with Gasteiger partial charge in [-0.05, 0) is 48.4 Å². The van der Waals surface area contributed by atoms with Crippen molar-refractivity contribution in [3.63, 3.8) is 0 Å². The van der Waals surface area contributed by atoms with Crippen LogP contribution < -0.4 is 25.0 Å². The van der Waals surface area contributed by atoms with Crippen molar-refractivity contribution in [1.29, 1.82) is 0 Å². The third-order valence-electron chi connectivity index (χ3n) is 8.41. The monoisotopic (exact) mass is 584 g/mol. The van der Waals surface area contributed by atoms with Crippen LogP contribution in [0.25, 0.3) is 10.9 Å². The molecule has 39 heavy (non-hydrogen) atoms. The van der Waals surface area contributed by atoms with E-state index >= 15 is 0 Å². The zero-order chi connectivity index (χ0) is 26.5. The van der Waals surface area contributed by atoms with Gasteiger partial charge in [-0.3, -0.25) is 19.7 Å². The Morgan fingerprint density at radius 2 is 1.82 bits per heavy atom. The molecule has 0 saturated carbocycles. The summed E-state index contributed by atoms with van der Waals surface area (Å²) in [5, 5.41) is 7.52. The molecule has 8 rings (SSSR count). The number of benzene rings is 3. The summed E-state index contributed by atoms with van der Waals surface area (Å²) in [5.41, 5.74) is 2.29. The summed E-state index contributed by atoms with van der Waals surface area (Å²) in [4.78, 5) is 46.7. The van der Waals surface area contributed by atoms with Crippen LogP contribution in [-0.2, 0) is 26.3 Å². The van der Waals surface area contributed by atoms with Gasteiger partial charge in [-0.2, -0.15) is 0 Å². The van der Waals surface area contributed by atoms with Crippen molar-refractivity contribution in [2.45, 2.75) is 18.0 Å². The minimum atomic E-state index is -1.39. The van der Waals surface area contributed by atoms with Gasteiger partial charge in [0.25, 0.3) is 0 Å². The van der Waals surface area contributed by atoms with Crippen LogP contribution in [0.3, 0.4) is 0 Å². The van der Waals surface area contributed by atoms with E-state index in [1.165, 1.54) is 4.90 Å². The van der Waals surface area contributed by atoms with Crippen molar-refractivity contribution in [2.75, 3.05) is 17.0 Å². The maximum absolute atomic E-state index is 14.3. The maximum atomic E-state index is 14.3. The Kier molecular flexibility index (Phi) is 4.64. The topological polar surface area (TPSA) is 113 Å². The van der Waals surface area contributed by atoms with Gasteiger partial charge in [-0.1, -0.05) is 34.1 Å². The summed E-state index contributed by atoms with van der Waals surface area (Å²) in [5.74, 6) is -1.74. The molecule has 9 nitrogen and oxygen atoms in total. The molecule has 4 aliphatic heterocycles. The minimum absolute atomic E-state index is 0.0808. The Labute approximate surface area is 230 Å². The van der Waals surface area contributed by atoms with Crippen molar-refractivity contribution in [3.05, 3.63) is 82.5 Å². The lowest BCUT2D eigenvalue weighted by Crippen LogP contribution is -2.53. The molecule has 194 valence electrons. The second-order valence-corrected chi connectivity index (χ2v) is 11.2. The summed E-state index contributed by atoms with van der Waals surface area (Å²) in [6.07, 6.45) is 2.39. The lowest BCUT2D eigenvalue weighted by Gasteiger charge is -2.29. The third kappa shape index (κ3) is 3.01. The van der Waals surface area contributed by atoms with Crippen molar-refractivity contribution >= 4 is 55.9 Å². The summed E-state index contributed by atoms with van der Waals surface area (Å²) < 4.78 is 11.7. The van der Waals surface area contributed by atoms with Gasteiger partial charge >= 0.3 is 0 Å². The number of fused-ring (bicyclic) bond motifs is 6. The highest BCUT2D eigenvalue weighted by atomic mass is 79.9. The normalized spacial score (nSPS) is 26.5. The first-order valence-electron chi connectivity index (χ1n) is 12.7. The molecule has 5 heterocycles. The molecular weight excluding hydrogens is 564 g/mol. The number of nitrogens with one attached hydrogen (secondary N) is 3. The fourth-order valence-corrected chi connectivity index (χ4v) is 7.13. The molecule has 4 atom stereocenters. The number of carbonyl (C=O) groups is 3. The average molecular weight is 585 g/mol. The second kappa shape index (κ2) is 7.93. The molecule has 3 amide bonds. The van der Waals surface area contributed by atoms with Crippen LogP contribution in [-0.4, -0.2) is 35.5 Å². The lowest BCUT2D eigenvalue weighted by atomic mass is 9.76. The number of hydrogen-bond acceptors (Lipinski definition) is 6. The van der Waals surface area contributed by atoms with Gasteiger partial charge in [-0.15, -0.1) is 0 Å².